The number of rotatable bonds is 6. The molecule has 1 aromatic carbocycles. The van der Waals surface area contributed by atoms with E-state index in [4.69, 9.17) is 5.73 Å². The Morgan fingerprint density at radius 2 is 2.10 bits per heavy atom. The number of anilines is 1. The van der Waals surface area contributed by atoms with Gasteiger partial charge in [-0.25, -0.2) is 0 Å². The molecule has 5 nitrogen and oxygen atoms in total. The van der Waals surface area contributed by atoms with Crippen molar-refractivity contribution in [1.82, 2.24) is 4.31 Å². The van der Waals surface area contributed by atoms with Crippen molar-refractivity contribution < 1.29 is 8.42 Å². The van der Waals surface area contributed by atoms with E-state index in [1.54, 1.807) is 0 Å². The second-order valence-corrected chi connectivity index (χ2v) is 7.13. The van der Waals surface area contributed by atoms with Crippen molar-refractivity contribution in [3.8, 4) is 0 Å². The molecule has 0 radical (unpaired) electrons. The van der Waals surface area contributed by atoms with Crippen LogP contribution in [0.4, 0.5) is 5.69 Å². The van der Waals surface area contributed by atoms with Crippen LogP contribution in [0.1, 0.15) is 38.2 Å². The second-order valence-electron chi connectivity index (χ2n) is 5.51. The van der Waals surface area contributed by atoms with Gasteiger partial charge in [-0.2, -0.15) is 12.7 Å². The topological polar surface area (TPSA) is 75.4 Å². The number of hydrogen-bond donors (Lipinski definition) is 2. The first-order valence-corrected chi connectivity index (χ1v) is 9.10. The van der Waals surface area contributed by atoms with Crippen molar-refractivity contribution in [3.05, 3.63) is 29.8 Å². The maximum atomic E-state index is 12.6. The minimum Gasteiger partial charge on any atom is -0.329 e. The van der Waals surface area contributed by atoms with E-state index in [9.17, 15) is 8.42 Å². The summed E-state index contributed by atoms with van der Waals surface area (Å²) < 4.78 is 29.6. The van der Waals surface area contributed by atoms with E-state index >= 15 is 0 Å². The van der Waals surface area contributed by atoms with Crippen LogP contribution in [-0.2, 0) is 16.6 Å². The lowest BCUT2D eigenvalue weighted by Crippen LogP contribution is -2.49. The lowest BCUT2D eigenvalue weighted by molar-refractivity contribution is 0.259. The minimum atomic E-state index is -3.54. The van der Waals surface area contributed by atoms with Gasteiger partial charge in [-0.15, -0.1) is 0 Å². The number of nitrogens with zero attached hydrogens (tertiary/aromatic N) is 1. The molecule has 1 unspecified atom stereocenters. The number of benzene rings is 1. The van der Waals surface area contributed by atoms with Gasteiger partial charge in [0.2, 0.25) is 0 Å². The summed E-state index contributed by atoms with van der Waals surface area (Å²) in [5.41, 5.74) is 7.44. The third-order valence-electron chi connectivity index (χ3n) is 3.93. The van der Waals surface area contributed by atoms with Crippen LogP contribution < -0.4 is 10.5 Å². The summed E-state index contributed by atoms with van der Waals surface area (Å²) in [6.07, 6.45) is 4.62. The number of nitrogens with two attached hydrogens (primary N) is 1. The maximum Gasteiger partial charge on any atom is 0.301 e. The molecular formula is C15H25N3O2S. The van der Waals surface area contributed by atoms with Gasteiger partial charge >= 0.3 is 10.2 Å². The highest BCUT2D eigenvalue weighted by Crippen LogP contribution is 2.23. The Labute approximate surface area is 127 Å². The average molecular weight is 311 g/mol. The fourth-order valence-corrected chi connectivity index (χ4v) is 4.38. The molecule has 2 rings (SSSR count). The average Bonchev–Trinajstić information content (AvgIpc) is 2.49. The molecule has 1 fully saturated rings. The first kappa shape index (κ1) is 16.3. The van der Waals surface area contributed by atoms with Crippen LogP contribution in [0.3, 0.4) is 0 Å². The molecule has 1 aliphatic heterocycles. The Balaban J connectivity index is 2.20. The van der Waals surface area contributed by atoms with E-state index in [0.29, 0.717) is 18.8 Å². The maximum absolute atomic E-state index is 12.6. The molecule has 1 aliphatic rings. The SMILES string of the molecule is CCCc1ccccc1NS(=O)(=O)N1CCCCC1CN. The standard InChI is InChI=1S/C15H25N3O2S/c1-2-7-13-8-3-4-10-15(13)17-21(19,20)18-11-6-5-9-14(18)12-16/h3-4,8,10,14,17H,2,5-7,9,11-12,16H2,1H3. The Bertz CT molecular complexity index is 560. The van der Waals surface area contributed by atoms with Crippen LogP contribution in [-0.4, -0.2) is 31.9 Å². The molecule has 0 saturated carbocycles. The molecular weight excluding hydrogens is 286 g/mol. The van der Waals surface area contributed by atoms with Gasteiger partial charge in [0.25, 0.3) is 0 Å². The predicted octanol–water partition coefficient (Wildman–Crippen LogP) is 2.11. The third kappa shape index (κ3) is 3.96. The summed E-state index contributed by atoms with van der Waals surface area (Å²) in [5.74, 6) is 0. The van der Waals surface area contributed by atoms with Crippen LogP contribution >= 0.6 is 0 Å². The summed E-state index contributed by atoms with van der Waals surface area (Å²) in [4.78, 5) is 0. The second kappa shape index (κ2) is 7.24. The van der Waals surface area contributed by atoms with Gasteiger partial charge in [0.1, 0.15) is 0 Å². The number of piperidine rings is 1. The molecule has 3 N–H and O–H groups in total. The van der Waals surface area contributed by atoms with E-state index in [2.05, 4.69) is 11.6 Å². The van der Waals surface area contributed by atoms with Crippen LogP contribution in [0, 0.1) is 0 Å². The van der Waals surface area contributed by atoms with Gasteiger partial charge in [0.05, 0.1) is 5.69 Å². The smallest absolute Gasteiger partial charge is 0.301 e. The number of aryl methyl sites for hydroxylation is 1. The van der Waals surface area contributed by atoms with E-state index < -0.39 is 10.2 Å². The zero-order chi connectivity index (χ0) is 15.3. The zero-order valence-electron chi connectivity index (χ0n) is 12.6. The molecule has 118 valence electrons. The Hall–Kier alpha value is -1.11. The highest BCUT2D eigenvalue weighted by Gasteiger charge is 2.31. The number of para-hydroxylation sites is 1. The molecule has 0 bridgehead atoms. The van der Waals surface area contributed by atoms with E-state index in [-0.39, 0.29) is 6.04 Å². The van der Waals surface area contributed by atoms with Crippen molar-refractivity contribution in [2.75, 3.05) is 17.8 Å². The highest BCUT2D eigenvalue weighted by atomic mass is 32.2. The first-order chi connectivity index (χ1) is 10.1. The van der Waals surface area contributed by atoms with Crippen molar-refractivity contribution in [2.24, 2.45) is 5.73 Å². The molecule has 1 heterocycles. The summed E-state index contributed by atoms with van der Waals surface area (Å²) in [5, 5.41) is 0. The zero-order valence-corrected chi connectivity index (χ0v) is 13.4. The fraction of sp³-hybridized carbons (Fsp3) is 0.600. The summed E-state index contributed by atoms with van der Waals surface area (Å²) in [7, 11) is -3.54. The molecule has 0 spiro atoms. The predicted molar refractivity (Wildman–Crippen MR) is 86.4 cm³/mol. The molecule has 1 atom stereocenters. The largest absolute Gasteiger partial charge is 0.329 e. The van der Waals surface area contributed by atoms with E-state index in [0.717, 1.165) is 37.7 Å². The molecule has 1 aromatic rings. The first-order valence-electron chi connectivity index (χ1n) is 7.66. The molecule has 0 amide bonds. The van der Waals surface area contributed by atoms with Crippen LogP contribution in [0.5, 0.6) is 0 Å². The van der Waals surface area contributed by atoms with Gasteiger partial charge in [-0.1, -0.05) is 38.0 Å². The minimum absolute atomic E-state index is 0.0883. The van der Waals surface area contributed by atoms with Crippen LogP contribution in [0.15, 0.2) is 24.3 Å². The Kier molecular flexibility index (Phi) is 5.61. The van der Waals surface area contributed by atoms with Crippen LogP contribution in [0.2, 0.25) is 0 Å². The molecule has 0 aliphatic carbocycles. The molecule has 6 heteroatoms. The summed E-state index contributed by atoms with van der Waals surface area (Å²) in [6, 6.07) is 7.50. The molecule has 1 saturated heterocycles. The van der Waals surface area contributed by atoms with Gasteiger partial charge in [0.15, 0.2) is 0 Å². The lowest BCUT2D eigenvalue weighted by atomic mass is 10.1. The van der Waals surface area contributed by atoms with Gasteiger partial charge < -0.3 is 5.73 Å². The normalized spacial score (nSPS) is 20.4. The van der Waals surface area contributed by atoms with Crippen molar-refractivity contribution >= 4 is 15.9 Å². The van der Waals surface area contributed by atoms with Gasteiger partial charge in [-0.05, 0) is 30.9 Å². The third-order valence-corrected chi connectivity index (χ3v) is 5.51. The lowest BCUT2D eigenvalue weighted by Gasteiger charge is -2.34. The quantitative estimate of drug-likeness (QED) is 0.845. The fourth-order valence-electron chi connectivity index (χ4n) is 2.83. The monoisotopic (exact) mass is 311 g/mol. The number of hydrogen-bond acceptors (Lipinski definition) is 3. The Morgan fingerprint density at radius 1 is 1.33 bits per heavy atom. The van der Waals surface area contributed by atoms with Crippen molar-refractivity contribution in [1.29, 1.82) is 0 Å². The summed E-state index contributed by atoms with van der Waals surface area (Å²) >= 11 is 0. The summed E-state index contributed by atoms with van der Waals surface area (Å²) in [6.45, 7) is 3.00. The van der Waals surface area contributed by atoms with Gasteiger partial charge in [-0.3, -0.25) is 4.72 Å². The van der Waals surface area contributed by atoms with Crippen molar-refractivity contribution in [2.45, 2.75) is 45.1 Å². The van der Waals surface area contributed by atoms with E-state index in [1.807, 2.05) is 24.3 Å². The molecule has 0 aromatic heterocycles. The van der Waals surface area contributed by atoms with Gasteiger partial charge in [0, 0.05) is 19.1 Å². The van der Waals surface area contributed by atoms with E-state index in [1.165, 1.54) is 4.31 Å². The highest BCUT2D eigenvalue weighted by molar-refractivity contribution is 7.90. The van der Waals surface area contributed by atoms with Crippen LogP contribution in [0.25, 0.3) is 0 Å². The Morgan fingerprint density at radius 3 is 2.81 bits per heavy atom. The number of nitrogens with one attached hydrogen (secondary N) is 1. The molecule has 21 heavy (non-hydrogen) atoms. The van der Waals surface area contributed by atoms with Crippen molar-refractivity contribution in [3.63, 3.8) is 0 Å².